The number of likely N-dealkylation sites (tertiary alicyclic amines) is 1. The number of carbonyl (C=O) groups excluding carboxylic acids is 1. The van der Waals surface area contributed by atoms with Crippen molar-refractivity contribution in [1.29, 1.82) is 0 Å². The van der Waals surface area contributed by atoms with Gasteiger partial charge in [0.25, 0.3) is 0 Å². The number of alkyl halides is 1. The standard InChI is InChI=1S/C18H29IN2O3/c1-20(2)9-5-10-21-11-7-18(17(21)22)12-15(23-3)14(6-8-19)16(13-18)24-4/h12-14H,5-11H2,1-4H3. The van der Waals surface area contributed by atoms with Crippen LogP contribution in [0.15, 0.2) is 23.7 Å². The Labute approximate surface area is 159 Å². The molecule has 0 N–H and O–H groups in total. The van der Waals surface area contributed by atoms with Crippen molar-refractivity contribution < 1.29 is 14.3 Å². The maximum Gasteiger partial charge on any atom is 0.236 e. The average Bonchev–Trinajstić information content (AvgIpc) is 2.85. The number of amides is 1. The predicted molar refractivity (Wildman–Crippen MR) is 104 cm³/mol. The Morgan fingerprint density at radius 2 is 1.92 bits per heavy atom. The molecule has 1 spiro atoms. The molecule has 2 rings (SSSR count). The predicted octanol–water partition coefficient (Wildman–Crippen LogP) is 2.67. The summed E-state index contributed by atoms with van der Waals surface area (Å²) in [6.07, 6.45) is 6.83. The van der Waals surface area contributed by atoms with E-state index in [0.29, 0.717) is 0 Å². The molecule has 0 atom stereocenters. The fourth-order valence-corrected chi connectivity index (χ4v) is 4.19. The first kappa shape index (κ1) is 19.6. The van der Waals surface area contributed by atoms with Crippen molar-refractivity contribution in [3.05, 3.63) is 23.7 Å². The van der Waals surface area contributed by atoms with E-state index in [1.54, 1.807) is 14.2 Å². The molecule has 0 bridgehead atoms. The van der Waals surface area contributed by atoms with Crippen molar-refractivity contribution in [2.24, 2.45) is 11.3 Å². The second-order valence-corrected chi connectivity index (χ2v) is 7.85. The summed E-state index contributed by atoms with van der Waals surface area (Å²) < 4.78 is 12.3. The lowest BCUT2D eigenvalue weighted by atomic mass is 9.77. The maximum absolute atomic E-state index is 13.1. The quantitative estimate of drug-likeness (QED) is 0.423. The molecular weight excluding hydrogens is 419 g/mol. The van der Waals surface area contributed by atoms with Crippen LogP contribution in [0.5, 0.6) is 0 Å². The summed E-state index contributed by atoms with van der Waals surface area (Å²) >= 11 is 2.37. The third-order valence-electron chi connectivity index (χ3n) is 4.87. The molecule has 1 aliphatic heterocycles. The average molecular weight is 448 g/mol. The molecule has 0 radical (unpaired) electrons. The van der Waals surface area contributed by atoms with Crippen LogP contribution in [0.1, 0.15) is 19.3 Å². The van der Waals surface area contributed by atoms with Gasteiger partial charge in [-0.15, -0.1) is 0 Å². The molecule has 1 amide bonds. The second-order valence-electron chi connectivity index (χ2n) is 6.77. The summed E-state index contributed by atoms with van der Waals surface area (Å²) in [7, 11) is 7.49. The van der Waals surface area contributed by atoms with E-state index < -0.39 is 5.41 Å². The van der Waals surface area contributed by atoms with E-state index in [2.05, 4.69) is 41.6 Å². The van der Waals surface area contributed by atoms with Crippen molar-refractivity contribution in [3.8, 4) is 0 Å². The molecule has 1 saturated heterocycles. The Morgan fingerprint density at radius 1 is 1.29 bits per heavy atom. The van der Waals surface area contributed by atoms with Gasteiger partial charge in [-0.1, -0.05) is 22.6 Å². The molecule has 24 heavy (non-hydrogen) atoms. The van der Waals surface area contributed by atoms with Gasteiger partial charge in [0.2, 0.25) is 5.91 Å². The van der Waals surface area contributed by atoms with Gasteiger partial charge in [-0.3, -0.25) is 4.79 Å². The van der Waals surface area contributed by atoms with Gasteiger partial charge >= 0.3 is 0 Å². The molecule has 0 aromatic rings. The molecule has 1 aliphatic carbocycles. The van der Waals surface area contributed by atoms with Crippen molar-refractivity contribution >= 4 is 28.5 Å². The van der Waals surface area contributed by atoms with E-state index in [1.165, 1.54) is 0 Å². The van der Waals surface area contributed by atoms with Crippen molar-refractivity contribution in [1.82, 2.24) is 9.80 Å². The molecule has 0 aromatic carbocycles. The molecule has 6 heteroatoms. The Kier molecular flexibility index (Phi) is 6.98. The van der Waals surface area contributed by atoms with E-state index in [4.69, 9.17) is 9.47 Å². The fraction of sp³-hybridized carbons (Fsp3) is 0.722. The van der Waals surface area contributed by atoms with Gasteiger partial charge in [0.15, 0.2) is 0 Å². The van der Waals surface area contributed by atoms with Gasteiger partial charge in [0.1, 0.15) is 11.5 Å². The SMILES string of the molecule is COC1=CC2(C=C(OC)C1CCI)CCN(CCCN(C)C)C2=O. The van der Waals surface area contributed by atoms with Crippen molar-refractivity contribution in [3.63, 3.8) is 0 Å². The monoisotopic (exact) mass is 448 g/mol. The van der Waals surface area contributed by atoms with Crippen LogP contribution >= 0.6 is 22.6 Å². The molecule has 0 saturated carbocycles. The van der Waals surface area contributed by atoms with E-state index >= 15 is 0 Å². The Balaban J connectivity index is 2.18. The van der Waals surface area contributed by atoms with Gasteiger partial charge in [0, 0.05) is 17.5 Å². The number of rotatable bonds is 8. The third-order valence-corrected chi connectivity index (χ3v) is 5.49. The zero-order chi connectivity index (χ0) is 17.7. The maximum atomic E-state index is 13.1. The van der Waals surface area contributed by atoms with E-state index in [9.17, 15) is 4.79 Å². The van der Waals surface area contributed by atoms with Crippen LogP contribution in [-0.2, 0) is 14.3 Å². The number of carbonyl (C=O) groups is 1. The molecule has 0 aromatic heterocycles. The van der Waals surface area contributed by atoms with Crippen LogP contribution in [0.3, 0.4) is 0 Å². The summed E-state index contributed by atoms with van der Waals surface area (Å²) in [6.45, 7) is 2.60. The molecule has 2 aliphatic rings. The number of methoxy groups -OCH3 is 2. The van der Waals surface area contributed by atoms with Crippen molar-refractivity contribution in [2.75, 3.05) is 52.4 Å². The van der Waals surface area contributed by atoms with Crippen LogP contribution < -0.4 is 0 Å². The summed E-state index contributed by atoms with van der Waals surface area (Å²) in [5, 5.41) is 0. The minimum Gasteiger partial charge on any atom is -0.501 e. The highest BCUT2D eigenvalue weighted by molar-refractivity contribution is 14.1. The number of halogens is 1. The fourth-order valence-electron chi connectivity index (χ4n) is 3.57. The Morgan fingerprint density at radius 3 is 2.42 bits per heavy atom. The van der Waals surface area contributed by atoms with Crippen LogP contribution in [0.2, 0.25) is 0 Å². The summed E-state index contributed by atoms with van der Waals surface area (Å²) in [4.78, 5) is 17.2. The van der Waals surface area contributed by atoms with Gasteiger partial charge in [0.05, 0.1) is 25.6 Å². The number of hydrogen-bond acceptors (Lipinski definition) is 4. The molecule has 5 nitrogen and oxygen atoms in total. The first-order valence-electron chi connectivity index (χ1n) is 8.51. The van der Waals surface area contributed by atoms with E-state index in [-0.39, 0.29) is 11.8 Å². The third kappa shape index (κ3) is 4.07. The highest BCUT2D eigenvalue weighted by Gasteiger charge is 2.47. The molecule has 1 heterocycles. The van der Waals surface area contributed by atoms with Crippen molar-refractivity contribution in [2.45, 2.75) is 19.3 Å². The lowest BCUT2D eigenvalue weighted by molar-refractivity contribution is -0.132. The van der Waals surface area contributed by atoms with Gasteiger partial charge in [-0.05, 0) is 52.1 Å². The molecule has 136 valence electrons. The lowest BCUT2D eigenvalue weighted by Crippen LogP contribution is -2.36. The van der Waals surface area contributed by atoms with Crippen LogP contribution in [-0.4, -0.2) is 68.1 Å². The smallest absolute Gasteiger partial charge is 0.236 e. The van der Waals surface area contributed by atoms with Crippen LogP contribution in [0.25, 0.3) is 0 Å². The van der Waals surface area contributed by atoms with Crippen LogP contribution in [0.4, 0.5) is 0 Å². The first-order chi connectivity index (χ1) is 11.5. The second kappa shape index (κ2) is 8.56. The Bertz CT molecular complexity index is 494. The normalized spacial score (nSPS) is 26.8. The highest BCUT2D eigenvalue weighted by atomic mass is 127. The lowest BCUT2D eigenvalue weighted by Gasteiger charge is -2.32. The zero-order valence-corrected chi connectivity index (χ0v) is 17.3. The number of ether oxygens (including phenoxy) is 2. The number of nitrogens with zero attached hydrogens (tertiary/aromatic N) is 2. The van der Waals surface area contributed by atoms with Gasteiger partial charge in [-0.2, -0.15) is 0 Å². The minimum absolute atomic E-state index is 0.123. The van der Waals surface area contributed by atoms with Crippen LogP contribution in [0, 0.1) is 11.3 Å². The minimum atomic E-state index is -0.587. The van der Waals surface area contributed by atoms with E-state index in [1.807, 2.05) is 17.1 Å². The molecule has 1 fully saturated rings. The zero-order valence-electron chi connectivity index (χ0n) is 15.2. The topological polar surface area (TPSA) is 42.0 Å². The largest absolute Gasteiger partial charge is 0.501 e. The molecule has 0 unspecified atom stereocenters. The summed E-state index contributed by atoms with van der Waals surface area (Å²) in [5.74, 6) is 2.04. The van der Waals surface area contributed by atoms with Gasteiger partial charge in [-0.25, -0.2) is 0 Å². The highest BCUT2D eigenvalue weighted by Crippen LogP contribution is 2.44. The van der Waals surface area contributed by atoms with Gasteiger partial charge < -0.3 is 19.3 Å². The summed E-state index contributed by atoms with van der Waals surface area (Å²) in [5.41, 5.74) is -0.587. The first-order valence-corrected chi connectivity index (χ1v) is 10.0. The van der Waals surface area contributed by atoms with E-state index in [0.717, 1.165) is 54.8 Å². The summed E-state index contributed by atoms with van der Waals surface area (Å²) in [6, 6.07) is 0. The Hall–Kier alpha value is -0.760. The number of hydrogen-bond donors (Lipinski definition) is 0. The molecular formula is C18H29IN2O3.